The van der Waals surface area contributed by atoms with Gasteiger partial charge in [-0.1, -0.05) is 0 Å². The van der Waals surface area contributed by atoms with Gasteiger partial charge < -0.3 is 10.0 Å². The molecule has 0 aliphatic heterocycles. The van der Waals surface area contributed by atoms with Crippen molar-refractivity contribution in [2.75, 3.05) is 0 Å². The molecule has 0 amide bonds. The van der Waals surface area contributed by atoms with Gasteiger partial charge >= 0.3 is 7.12 Å². The van der Waals surface area contributed by atoms with E-state index in [0.29, 0.717) is 4.78 Å². The Bertz CT molecular complexity index is 385. The molecule has 2 aromatic heterocycles. The van der Waals surface area contributed by atoms with Crippen molar-refractivity contribution in [1.82, 2.24) is 9.78 Å². The zero-order chi connectivity index (χ0) is 9.26. The van der Waals surface area contributed by atoms with Crippen LogP contribution in [0.1, 0.15) is 0 Å². The van der Waals surface area contributed by atoms with Crippen LogP contribution in [0.25, 0.3) is 5.69 Å². The molecule has 0 saturated heterocycles. The number of thiophene rings is 1. The predicted molar refractivity (Wildman–Crippen MR) is 51.3 cm³/mol. The minimum atomic E-state index is -1.39. The Hall–Kier alpha value is -1.11. The number of aromatic nitrogens is 2. The molecular weight excluding hydrogens is 187 g/mol. The van der Waals surface area contributed by atoms with E-state index in [1.165, 1.54) is 11.3 Å². The first-order valence-electron chi connectivity index (χ1n) is 3.72. The van der Waals surface area contributed by atoms with Crippen molar-refractivity contribution in [3.05, 3.63) is 29.9 Å². The average Bonchev–Trinajstić information content (AvgIpc) is 2.75. The molecule has 0 spiro atoms. The summed E-state index contributed by atoms with van der Waals surface area (Å²) < 4.78 is 2.19. The van der Waals surface area contributed by atoms with Crippen LogP contribution in [-0.2, 0) is 0 Å². The molecule has 0 aliphatic rings. The van der Waals surface area contributed by atoms with Crippen molar-refractivity contribution in [1.29, 1.82) is 0 Å². The van der Waals surface area contributed by atoms with Crippen molar-refractivity contribution >= 4 is 23.2 Å². The van der Waals surface area contributed by atoms with E-state index in [2.05, 4.69) is 5.10 Å². The summed E-state index contributed by atoms with van der Waals surface area (Å²) in [4.78, 5) is 0. The molecule has 0 fully saturated rings. The smallest absolute Gasteiger partial charge is 0.423 e. The first kappa shape index (κ1) is 8.49. The maximum absolute atomic E-state index is 8.87. The van der Waals surface area contributed by atoms with Gasteiger partial charge in [0.25, 0.3) is 0 Å². The molecule has 0 atom stereocenters. The molecule has 4 nitrogen and oxygen atoms in total. The Morgan fingerprint density at radius 3 is 2.85 bits per heavy atom. The number of rotatable bonds is 2. The fourth-order valence-electron chi connectivity index (χ4n) is 1.02. The summed E-state index contributed by atoms with van der Waals surface area (Å²) in [6, 6.07) is 3.51. The summed E-state index contributed by atoms with van der Waals surface area (Å²) in [5, 5.41) is 23.6. The average molecular weight is 194 g/mol. The fourth-order valence-corrected chi connectivity index (χ4v) is 1.76. The Morgan fingerprint density at radius 1 is 1.46 bits per heavy atom. The van der Waals surface area contributed by atoms with Crippen molar-refractivity contribution in [2.45, 2.75) is 0 Å². The van der Waals surface area contributed by atoms with Crippen LogP contribution in [0.2, 0.25) is 0 Å². The third kappa shape index (κ3) is 1.64. The van der Waals surface area contributed by atoms with E-state index < -0.39 is 7.12 Å². The quantitative estimate of drug-likeness (QED) is 0.640. The summed E-state index contributed by atoms with van der Waals surface area (Å²) in [5.74, 6) is 0. The molecule has 66 valence electrons. The van der Waals surface area contributed by atoms with E-state index in [-0.39, 0.29) is 0 Å². The van der Waals surface area contributed by atoms with Gasteiger partial charge in [0, 0.05) is 22.6 Å². The van der Waals surface area contributed by atoms with Gasteiger partial charge in [0.1, 0.15) is 0 Å². The minimum absolute atomic E-state index is 0.519. The molecule has 0 bridgehead atoms. The van der Waals surface area contributed by atoms with Crippen LogP contribution in [0, 0.1) is 0 Å². The van der Waals surface area contributed by atoms with Crippen LogP contribution < -0.4 is 4.78 Å². The van der Waals surface area contributed by atoms with E-state index in [1.807, 2.05) is 11.4 Å². The number of hydrogen-bond acceptors (Lipinski definition) is 4. The van der Waals surface area contributed by atoms with Gasteiger partial charge in [0.05, 0.1) is 5.69 Å². The lowest BCUT2D eigenvalue weighted by Gasteiger charge is -1.94. The first-order chi connectivity index (χ1) is 6.27. The van der Waals surface area contributed by atoms with Gasteiger partial charge in [0.2, 0.25) is 0 Å². The largest absolute Gasteiger partial charge is 0.499 e. The minimum Gasteiger partial charge on any atom is -0.423 e. The molecule has 0 saturated carbocycles. The highest BCUT2D eigenvalue weighted by Crippen LogP contribution is 2.08. The van der Waals surface area contributed by atoms with Crippen LogP contribution in [-0.4, -0.2) is 26.9 Å². The van der Waals surface area contributed by atoms with Crippen molar-refractivity contribution < 1.29 is 10.0 Å². The third-order valence-electron chi connectivity index (χ3n) is 1.63. The molecule has 0 radical (unpaired) electrons. The molecule has 2 heterocycles. The molecule has 13 heavy (non-hydrogen) atoms. The van der Waals surface area contributed by atoms with E-state index in [1.54, 1.807) is 23.1 Å². The maximum atomic E-state index is 8.87. The highest BCUT2D eigenvalue weighted by molar-refractivity contribution is 7.20. The Kier molecular flexibility index (Phi) is 2.18. The van der Waals surface area contributed by atoms with Gasteiger partial charge in [-0.05, 0) is 12.1 Å². The highest BCUT2D eigenvalue weighted by Gasteiger charge is 2.13. The van der Waals surface area contributed by atoms with Crippen LogP contribution >= 0.6 is 11.3 Å². The van der Waals surface area contributed by atoms with Crippen molar-refractivity contribution in [2.24, 2.45) is 0 Å². The van der Waals surface area contributed by atoms with Crippen molar-refractivity contribution in [3.8, 4) is 5.69 Å². The van der Waals surface area contributed by atoms with Gasteiger partial charge in [0.15, 0.2) is 0 Å². The van der Waals surface area contributed by atoms with Gasteiger partial charge in [-0.3, -0.25) is 0 Å². The third-order valence-corrected chi connectivity index (χ3v) is 2.59. The zero-order valence-corrected chi connectivity index (χ0v) is 7.48. The summed E-state index contributed by atoms with van der Waals surface area (Å²) in [7, 11) is -1.39. The second-order valence-corrected chi connectivity index (χ2v) is 3.47. The molecule has 6 heteroatoms. The monoisotopic (exact) mass is 194 g/mol. The topological polar surface area (TPSA) is 58.3 Å². The lowest BCUT2D eigenvalue weighted by molar-refractivity contribution is 0.427. The molecule has 2 aromatic rings. The van der Waals surface area contributed by atoms with Crippen LogP contribution in [0.15, 0.2) is 29.9 Å². The Labute approximate surface area is 79.2 Å². The molecule has 0 aliphatic carbocycles. The van der Waals surface area contributed by atoms with Gasteiger partial charge in [-0.15, -0.1) is 0 Å². The second-order valence-electron chi connectivity index (χ2n) is 2.53. The van der Waals surface area contributed by atoms with Gasteiger partial charge in [-0.2, -0.15) is 16.4 Å². The second kappa shape index (κ2) is 3.33. The lowest BCUT2D eigenvalue weighted by atomic mass is 9.89. The lowest BCUT2D eigenvalue weighted by Crippen LogP contribution is -2.26. The van der Waals surface area contributed by atoms with E-state index in [4.69, 9.17) is 10.0 Å². The molecule has 2 rings (SSSR count). The summed E-state index contributed by atoms with van der Waals surface area (Å²) in [5.41, 5.74) is 0.845. The molecular formula is C7H7BN2O2S. The molecule has 2 N–H and O–H groups in total. The van der Waals surface area contributed by atoms with Gasteiger partial charge in [-0.25, -0.2) is 4.68 Å². The normalized spacial score (nSPS) is 10.3. The number of hydrogen-bond donors (Lipinski definition) is 2. The Balaban J connectivity index is 2.33. The fraction of sp³-hybridized carbons (Fsp3) is 0. The first-order valence-corrected chi connectivity index (χ1v) is 4.60. The van der Waals surface area contributed by atoms with E-state index in [9.17, 15) is 0 Å². The summed E-state index contributed by atoms with van der Waals surface area (Å²) >= 11 is 1.30. The predicted octanol–water partition coefficient (Wildman–Crippen LogP) is -0.386. The maximum Gasteiger partial charge on any atom is 0.499 e. The summed E-state index contributed by atoms with van der Waals surface area (Å²) in [6.45, 7) is 0. The molecule has 0 unspecified atom stereocenters. The van der Waals surface area contributed by atoms with Crippen LogP contribution in [0.4, 0.5) is 0 Å². The standard InChI is InChI=1S/C7H7BN2O2S/c11-8(12)7-4-6(5-13-7)10-3-1-2-9-10/h1-5,11-12H. The van der Waals surface area contributed by atoms with Crippen LogP contribution in [0.3, 0.4) is 0 Å². The van der Waals surface area contributed by atoms with Crippen molar-refractivity contribution in [3.63, 3.8) is 0 Å². The SMILES string of the molecule is OB(O)c1cc(-n2cccn2)cs1. The van der Waals surface area contributed by atoms with E-state index >= 15 is 0 Å². The Morgan fingerprint density at radius 2 is 2.31 bits per heavy atom. The van der Waals surface area contributed by atoms with E-state index in [0.717, 1.165) is 5.69 Å². The number of nitrogens with zero attached hydrogens (tertiary/aromatic N) is 2. The summed E-state index contributed by atoms with van der Waals surface area (Å²) in [6.07, 6.45) is 3.47. The van der Waals surface area contributed by atoms with Crippen LogP contribution in [0.5, 0.6) is 0 Å². The highest BCUT2D eigenvalue weighted by atomic mass is 32.1. The molecule has 0 aromatic carbocycles. The zero-order valence-electron chi connectivity index (χ0n) is 6.66.